The second-order valence-corrected chi connectivity index (χ2v) is 7.98. The lowest BCUT2D eigenvalue weighted by Crippen LogP contribution is -2.23. The molecule has 1 unspecified atom stereocenters. The standard InChI is InChI=1S/C16H19F3O4S/c1-11(15(20)23-13-4-2-3-5-13)10-12-6-8-14(9-7-12)24(21,22)16(17,18)19/h6-9,11,13H,2-5,10H2,1H3. The number of hydrogen-bond acceptors (Lipinski definition) is 4. The monoisotopic (exact) mass is 364 g/mol. The van der Waals surface area contributed by atoms with Crippen LogP contribution in [0.15, 0.2) is 29.2 Å². The van der Waals surface area contributed by atoms with Gasteiger partial charge in [-0.05, 0) is 49.8 Å². The number of rotatable bonds is 5. The zero-order valence-electron chi connectivity index (χ0n) is 13.2. The second-order valence-electron chi connectivity index (χ2n) is 6.04. The topological polar surface area (TPSA) is 60.4 Å². The average molecular weight is 364 g/mol. The molecule has 0 N–H and O–H groups in total. The van der Waals surface area contributed by atoms with Crippen LogP contribution < -0.4 is 0 Å². The van der Waals surface area contributed by atoms with Gasteiger partial charge >= 0.3 is 11.5 Å². The molecule has 1 aromatic rings. The third-order valence-electron chi connectivity index (χ3n) is 4.07. The van der Waals surface area contributed by atoms with E-state index in [1.807, 2.05) is 0 Å². The number of sulfone groups is 1. The van der Waals surface area contributed by atoms with Crippen molar-refractivity contribution in [1.29, 1.82) is 0 Å². The molecule has 0 bridgehead atoms. The van der Waals surface area contributed by atoms with Crippen molar-refractivity contribution in [3.8, 4) is 0 Å². The lowest BCUT2D eigenvalue weighted by molar-refractivity contribution is -0.153. The van der Waals surface area contributed by atoms with E-state index in [0.29, 0.717) is 5.56 Å². The van der Waals surface area contributed by atoms with Crippen molar-refractivity contribution in [1.82, 2.24) is 0 Å². The number of carbonyl (C=O) groups excluding carboxylic acids is 1. The van der Waals surface area contributed by atoms with E-state index in [0.717, 1.165) is 37.8 Å². The summed E-state index contributed by atoms with van der Waals surface area (Å²) >= 11 is 0. The highest BCUT2D eigenvalue weighted by Crippen LogP contribution is 2.30. The van der Waals surface area contributed by atoms with Gasteiger partial charge in [0.1, 0.15) is 6.10 Å². The molecule has 0 amide bonds. The van der Waals surface area contributed by atoms with E-state index >= 15 is 0 Å². The van der Waals surface area contributed by atoms with Gasteiger partial charge in [0.2, 0.25) is 0 Å². The molecule has 0 saturated heterocycles. The summed E-state index contributed by atoms with van der Waals surface area (Å²) in [7, 11) is -5.35. The van der Waals surface area contributed by atoms with Crippen LogP contribution in [0.5, 0.6) is 0 Å². The number of benzene rings is 1. The molecule has 1 aromatic carbocycles. The Kier molecular flexibility index (Phi) is 5.57. The highest BCUT2D eigenvalue weighted by atomic mass is 32.2. The molecule has 24 heavy (non-hydrogen) atoms. The van der Waals surface area contributed by atoms with Crippen molar-refractivity contribution in [2.45, 2.75) is 55.5 Å². The van der Waals surface area contributed by atoms with Crippen molar-refractivity contribution in [3.05, 3.63) is 29.8 Å². The summed E-state index contributed by atoms with van der Waals surface area (Å²) < 4.78 is 65.4. The summed E-state index contributed by atoms with van der Waals surface area (Å²) in [4.78, 5) is 11.2. The van der Waals surface area contributed by atoms with Gasteiger partial charge in [0.25, 0.3) is 9.84 Å². The van der Waals surface area contributed by atoms with Crippen LogP contribution in [-0.2, 0) is 25.8 Å². The van der Waals surface area contributed by atoms with Crippen molar-refractivity contribution in [2.24, 2.45) is 5.92 Å². The Morgan fingerprint density at radius 1 is 1.21 bits per heavy atom. The summed E-state index contributed by atoms with van der Waals surface area (Å²) in [5.74, 6) is -0.787. The highest BCUT2D eigenvalue weighted by Gasteiger charge is 2.46. The van der Waals surface area contributed by atoms with Crippen LogP contribution in [0.25, 0.3) is 0 Å². The number of ether oxygens (including phenoxy) is 1. The Morgan fingerprint density at radius 3 is 2.25 bits per heavy atom. The maximum Gasteiger partial charge on any atom is 0.501 e. The molecular formula is C16H19F3O4S. The Balaban J connectivity index is 1.99. The van der Waals surface area contributed by atoms with Crippen LogP contribution in [0, 0.1) is 5.92 Å². The molecule has 1 aliphatic rings. The van der Waals surface area contributed by atoms with E-state index in [2.05, 4.69) is 0 Å². The van der Waals surface area contributed by atoms with Crippen molar-refractivity contribution < 1.29 is 31.1 Å². The minimum absolute atomic E-state index is 0.0424. The Labute approximate surface area is 138 Å². The zero-order chi connectivity index (χ0) is 18.0. The van der Waals surface area contributed by atoms with Gasteiger partial charge in [0.05, 0.1) is 10.8 Å². The zero-order valence-corrected chi connectivity index (χ0v) is 14.0. The van der Waals surface area contributed by atoms with Gasteiger partial charge in [-0.1, -0.05) is 19.1 Å². The predicted octanol–water partition coefficient (Wildman–Crippen LogP) is 3.64. The fourth-order valence-electron chi connectivity index (χ4n) is 2.66. The van der Waals surface area contributed by atoms with E-state index in [4.69, 9.17) is 4.74 Å². The third kappa shape index (κ3) is 4.28. The molecule has 8 heteroatoms. The smallest absolute Gasteiger partial charge is 0.462 e. The maximum absolute atomic E-state index is 12.5. The molecule has 2 rings (SSSR count). The normalized spacial score (nSPS) is 17.7. The minimum atomic E-state index is -5.35. The van der Waals surface area contributed by atoms with E-state index < -0.39 is 26.2 Å². The molecule has 1 aliphatic carbocycles. The molecule has 0 spiro atoms. The Bertz CT molecular complexity index is 674. The van der Waals surface area contributed by atoms with Crippen LogP contribution in [0.3, 0.4) is 0 Å². The summed E-state index contributed by atoms with van der Waals surface area (Å²) in [6.45, 7) is 1.68. The summed E-state index contributed by atoms with van der Waals surface area (Å²) in [6, 6.07) is 4.40. The van der Waals surface area contributed by atoms with E-state index in [-0.39, 0.29) is 18.5 Å². The highest BCUT2D eigenvalue weighted by molar-refractivity contribution is 7.92. The van der Waals surface area contributed by atoms with E-state index in [9.17, 15) is 26.4 Å². The third-order valence-corrected chi connectivity index (χ3v) is 5.57. The van der Waals surface area contributed by atoms with Gasteiger partial charge in [-0.15, -0.1) is 0 Å². The fraction of sp³-hybridized carbons (Fsp3) is 0.562. The molecule has 1 saturated carbocycles. The van der Waals surface area contributed by atoms with Crippen LogP contribution in [0.1, 0.15) is 38.2 Å². The van der Waals surface area contributed by atoms with Gasteiger partial charge in [0.15, 0.2) is 0 Å². The molecule has 1 fully saturated rings. The first-order valence-corrected chi connectivity index (χ1v) is 9.20. The van der Waals surface area contributed by atoms with Crippen LogP contribution in [-0.4, -0.2) is 26.0 Å². The lowest BCUT2D eigenvalue weighted by atomic mass is 10.0. The molecule has 0 aliphatic heterocycles. The Morgan fingerprint density at radius 2 is 1.75 bits per heavy atom. The Hall–Kier alpha value is -1.57. The molecular weight excluding hydrogens is 345 g/mol. The van der Waals surface area contributed by atoms with Gasteiger partial charge < -0.3 is 4.74 Å². The molecule has 4 nitrogen and oxygen atoms in total. The van der Waals surface area contributed by atoms with E-state index in [1.165, 1.54) is 12.1 Å². The van der Waals surface area contributed by atoms with Gasteiger partial charge in [-0.2, -0.15) is 13.2 Å². The van der Waals surface area contributed by atoms with Crippen LogP contribution >= 0.6 is 0 Å². The summed E-state index contributed by atoms with van der Waals surface area (Å²) in [5, 5.41) is 0. The van der Waals surface area contributed by atoms with Crippen molar-refractivity contribution >= 4 is 15.8 Å². The largest absolute Gasteiger partial charge is 0.501 e. The number of carbonyl (C=O) groups is 1. The molecule has 134 valence electrons. The first-order valence-electron chi connectivity index (χ1n) is 7.72. The van der Waals surface area contributed by atoms with Crippen LogP contribution in [0.2, 0.25) is 0 Å². The quantitative estimate of drug-likeness (QED) is 0.749. The summed E-state index contributed by atoms with van der Waals surface area (Å²) in [6.07, 6.45) is 4.05. The van der Waals surface area contributed by atoms with Crippen molar-refractivity contribution in [2.75, 3.05) is 0 Å². The number of esters is 1. The van der Waals surface area contributed by atoms with Gasteiger partial charge in [0, 0.05) is 0 Å². The van der Waals surface area contributed by atoms with Crippen molar-refractivity contribution in [3.63, 3.8) is 0 Å². The summed E-state index contributed by atoms with van der Waals surface area (Å²) in [5.41, 5.74) is -4.75. The van der Waals surface area contributed by atoms with Crippen LogP contribution in [0.4, 0.5) is 13.2 Å². The first-order chi connectivity index (χ1) is 11.1. The molecule has 1 atom stereocenters. The fourth-order valence-corrected chi connectivity index (χ4v) is 3.42. The molecule has 0 radical (unpaired) electrons. The van der Waals surface area contributed by atoms with E-state index in [1.54, 1.807) is 6.92 Å². The van der Waals surface area contributed by atoms with Gasteiger partial charge in [-0.25, -0.2) is 8.42 Å². The number of alkyl halides is 3. The lowest BCUT2D eigenvalue weighted by Gasteiger charge is -2.16. The molecule has 0 heterocycles. The predicted molar refractivity (Wildman–Crippen MR) is 80.9 cm³/mol. The minimum Gasteiger partial charge on any atom is -0.462 e. The number of hydrogen-bond donors (Lipinski definition) is 0. The SMILES string of the molecule is CC(Cc1ccc(S(=O)(=O)C(F)(F)F)cc1)C(=O)OC1CCCC1. The van der Waals surface area contributed by atoms with Gasteiger partial charge in [-0.3, -0.25) is 4.79 Å². The maximum atomic E-state index is 12.5. The molecule has 0 aromatic heterocycles. The first kappa shape index (κ1) is 18.8. The number of halogens is 3. The second kappa shape index (κ2) is 7.13. The average Bonchev–Trinajstić information content (AvgIpc) is 2.99.